The standard InChI is InChI=1S/C10H8F6/c1-3-7(11)5-6-9(13,14)10(15,16)8(7,12)4-2/h3-6H,1-2H2. The minimum Gasteiger partial charge on any atom is -0.231 e. The first-order chi connectivity index (χ1) is 7.08. The lowest BCUT2D eigenvalue weighted by molar-refractivity contribution is -0.263. The molecule has 2 unspecified atom stereocenters. The van der Waals surface area contributed by atoms with Crippen LogP contribution in [0.3, 0.4) is 0 Å². The largest absolute Gasteiger partial charge is 0.354 e. The highest BCUT2D eigenvalue weighted by atomic mass is 19.3. The topological polar surface area (TPSA) is 0 Å². The Morgan fingerprint density at radius 2 is 1.31 bits per heavy atom. The van der Waals surface area contributed by atoms with Gasteiger partial charge in [0.2, 0.25) is 5.67 Å². The second-order valence-corrected chi connectivity index (χ2v) is 3.42. The highest BCUT2D eigenvalue weighted by Crippen LogP contribution is 2.56. The van der Waals surface area contributed by atoms with Crippen molar-refractivity contribution in [2.24, 2.45) is 0 Å². The van der Waals surface area contributed by atoms with E-state index in [1.807, 2.05) is 0 Å². The van der Waals surface area contributed by atoms with Crippen LogP contribution in [0.4, 0.5) is 26.3 Å². The van der Waals surface area contributed by atoms with Gasteiger partial charge >= 0.3 is 11.8 Å². The van der Waals surface area contributed by atoms with E-state index in [9.17, 15) is 26.3 Å². The van der Waals surface area contributed by atoms with Crippen molar-refractivity contribution in [2.75, 3.05) is 0 Å². The quantitative estimate of drug-likeness (QED) is 0.512. The SMILES string of the molecule is C=CC1(F)C=CC(F)(F)C(F)(F)C1(F)C=C. The summed E-state index contributed by atoms with van der Waals surface area (Å²) < 4.78 is 79.5. The molecule has 0 nitrogen and oxygen atoms in total. The van der Waals surface area contributed by atoms with Gasteiger partial charge in [0.25, 0.3) is 0 Å². The van der Waals surface area contributed by atoms with Crippen LogP contribution in [-0.4, -0.2) is 23.2 Å². The molecule has 0 bridgehead atoms. The molecule has 6 heteroatoms. The summed E-state index contributed by atoms with van der Waals surface area (Å²) in [6.07, 6.45) is -0.296. The van der Waals surface area contributed by atoms with Gasteiger partial charge in [-0.3, -0.25) is 0 Å². The summed E-state index contributed by atoms with van der Waals surface area (Å²) in [5.74, 6) is -10.0. The smallest absolute Gasteiger partial charge is 0.231 e. The Morgan fingerprint density at radius 3 is 1.69 bits per heavy atom. The maximum atomic E-state index is 13.8. The Hall–Kier alpha value is -1.20. The first-order valence-electron chi connectivity index (χ1n) is 4.19. The Labute approximate surface area is 87.9 Å². The molecule has 0 aromatic heterocycles. The van der Waals surface area contributed by atoms with E-state index in [1.54, 1.807) is 0 Å². The fourth-order valence-electron chi connectivity index (χ4n) is 1.44. The summed E-state index contributed by atoms with van der Waals surface area (Å²) in [5, 5.41) is 0. The van der Waals surface area contributed by atoms with E-state index in [4.69, 9.17) is 0 Å². The first kappa shape index (κ1) is 12.9. The molecule has 1 rings (SSSR count). The van der Waals surface area contributed by atoms with Crippen LogP contribution in [0.25, 0.3) is 0 Å². The van der Waals surface area contributed by atoms with Crippen molar-refractivity contribution in [1.29, 1.82) is 0 Å². The van der Waals surface area contributed by atoms with Crippen LogP contribution in [0.1, 0.15) is 0 Å². The predicted molar refractivity (Wildman–Crippen MR) is 47.1 cm³/mol. The highest BCUT2D eigenvalue weighted by molar-refractivity contribution is 5.38. The molecule has 1 aliphatic carbocycles. The van der Waals surface area contributed by atoms with Crippen molar-refractivity contribution in [3.8, 4) is 0 Å². The summed E-state index contributed by atoms with van der Waals surface area (Å²) in [7, 11) is 0. The average molecular weight is 242 g/mol. The average Bonchev–Trinajstić information content (AvgIpc) is 2.22. The molecule has 2 atom stereocenters. The minimum absolute atomic E-state index is 0.0269. The fraction of sp³-hybridized carbons (Fsp3) is 0.400. The lowest BCUT2D eigenvalue weighted by Gasteiger charge is -2.44. The molecular weight excluding hydrogens is 234 g/mol. The van der Waals surface area contributed by atoms with Crippen LogP contribution < -0.4 is 0 Å². The molecular formula is C10H8F6. The van der Waals surface area contributed by atoms with Gasteiger partial charge in [0.05, 0.1) is 0 Å². The third-order valence-electron chi connectivity index (χ3n) is 2.55. The monoisotopic (exact) mass is 242 g/mol. The lowest BCUT2D eigenvalue weighted by atomic mass is 9.74. The molecule has 16 heavy (non-hydrogen) atoms. The molecule has 0 radical (unpaired) electrons. The maximum Gasteiger partial charge on any atom is 0.354 e. The third-order valence-corrected chi connectivity index (χ3v) is 2.55. The van der Waals surface area contributed by atoms with Gasteiger partial charge in [0.15, 0.2) is 5.67 Å². The molecule has 0 aromatic rings. The Bertz CT molecular complexity index is 358. The van der Waals surface area contributed by atoms with Gasteiger partial charge in [-0.2, -0.15) is 17.6 Å². The molecule has 0 N–H and O–H groups in total. The van der Waals surface area contributed by atoms with E-state index in [1.165, 1.54) is 0 Å². The Kier molecular flexibility index (Phi) is 2.53. The summed E-state index contributed by atoms with van der Waals surface area (Å²) in [5.41, 5.74) is -7.65. The van der Waals surface area contributed by atoms with Crippen molar-refractivity contribution in [1.82, 2.24) is 0 Å². The van der Waals surface area contributed by atoms with Crippen LogP contribution in [0.2, 0.25) is 0 Å². The van der Waals surface area contributed by atoms with Gasteiger partial charge < -0.3 is 0 Å². The van der Waals surface area contributed by atoms with Gasteiger partial charge in [0, 0.05) is 0 Å². The summed E-state index contributed by atoms with van der Waals surface area (Å²) in [6, 6.07) is 0. The van der Waals surface area contributed by atoms with Gasteiger partial charge in [-0.1, -0.05) is 13.2 Å². The zero-order chi connectivity index (χ0) is 12.8. The van der Waals surface area contributed by atoms with Crippen molar-refractivity contribution in [3.05, 3.63) is 37.5 Å². The van der Waals surface area contributed by atoms with Gasteiger partial charge in [-0.25, -0.2) is 8.78 Å². The number of hydrogen-bond donors (Lipinski definition) is 0. The number of rotatable bonds is 2. The van der Waals surface area contributed by atoms with Crippen LogP contribution in [0.5, 0.6) is 0 Å². The maximum absolute atomic E-state index is 13.8. The van der Waals surface area contributed by atoms with Crippen molar-refractivity contribution < 1.29 is 26.3 Å². The molecule has 0 aliphatic heterocycles. The molecule has 0 amide bonds. The molecule has 0 saturated heterocycles. The first-order valence-corrected chi connectivity index (χ1v) is 4.19. The Balaban J connectivity index is 3.55. The van der Waals surface area contributed by atoms with Crippen LogP contribution >= 0.6 is 0 Å². The van der Waals surface area contributed by atoms with E-state index >= 15 is 0 Å². The van der Waals surface area contributed by atoms with Gasteiger partial charge in [-0.15, -0.1) is 0 Å². The van der Waals surface area contributed by atoms with E-state index in [0.717, 1.165) is 0 Å². The third kappa shape index (κ3) is 1.18. The van der Waals surface area contributed by atoms with E-state index < -0.39 is 23.2 Å². The van der Waals surface area contributed by atoms with Crippen LogP contribution in [0, 0.1) is 0 Å². The molecule has 0 heterocycles. The van der Waals surface area contributed by atoms with E-state index in [0.29, 0.717) is 0 Å². The summed E-state index contributed by atoms with van der Waals surface area (Å²) in [6.45, 7) is 5.47. The number of allylic oxidation sites excluding steroid dienone is 4. The number of halogens is 6. The van der Waals surface area contributed by atoms with Crippen molar-refractivity contribution >= 4 is 0 Å². The molecule has 0 spiro atoms. The van der Waals surface area contributed by atoms with Crippen LogP contribution in [0.15, 0.2) is 37.5 Å². The second kappa shape index (κ2) is 3.15. The number of alkyl halides is 6. The predicted octanol–water partition coefficient (Wildman–Crippen LogP) is 3.62. The zero-order valence-corrected chi connectivity index (χ0v) is 7.99. The molecule has 0 saturated carbocycles. The van der Waals surface area contributed by atoms with Crippen molar-refractivity contribution in [2.45, 2.75) is 23.2 Å². The van der Waals surface area contributed by atoms with E-state index in [2.05, 4.69) is 13.2 Å². The number of hydrogen-bond acceptors (Lipinski definition) is 0. The highest BCUT2D eigenvalue weighted by Gasteiger charge is 2.76. The van der Waals surface area contributed by atoms with Gasteiger partial charge in [-0.05, 0) is 24.3 Å². The zero-order valence-electron chi connectivity index (χ0n) is 7.99. The molecule has 0 fully saturated rings. The molecule has 1 aliphatic rings. The summed E-state index contributed by atoms with van der Waals surface area (Å²) in [4.78, 5) is 0. The van der Waals surface area contributed by atoms with E-state index in [-0.39, 0.29) is 24.3 Å². The molecule has 0 aromatic carbocycles. The second-order valence-electron chi connectivity index (χ2n) is 3.42. The fourth-order valence-corrected chi connectivity index (χ4v) is 1.44. The summed E-state index contributed by atoms with van der Waals surface area (Å²) >= 11 is 0. The molecule has 90 valence electrons. The lowest BCUT2D eigenvalue weighted by Crippen LogP contribution is -2.65. The normalized spacial score (nSPS) is 40.4. The minimum atomic E-state index is -5.24. The van der Waals surface area contributed by atoms with Crippen molar-refractivity contribution in [3.63, 3.8) is 0 Å². The van der Waals surface area contributed by atoms with Crippen LogP contribution in [-0.2, 0) is 0 Å². The van der Waals surface area contributed by atoms with Gasteiger partial charge in [0.1, 0.15) is 0 Å². The Morgan fingerprint density at radius 1 is 0.812 bits per heavy atom.